The molecule has 0 atom stereocenters. The highest BCUT2D eigenvalue weighted by atomic mass is 127. The van der Waals surface area contributed by atoms with Crippen molar-refractivity contribution in [1.29, 1.82) is 5.26 Å². The molecule has 0 aliphatic carbocycles. The zero-order chi connectivity index (χ0) is 24.1. The summed E-state index contributed by atoms with van der Waals surface area (Å²) in [6.45, 7) is 8.19. The van der Waals surface area contributed by atoms with Crippen molar-refractivity contribution in [3.05, 3.63) is 96.6 Å². The van der Waals surface area contributed by atoms with Crippen LogP contribution in [0.4, 0.5) is 5.69 Å². The van der Waals surface area contributed by atoms with Crippen molar-refractivity contribution in [3.8, 4) is 11.8 Å². The number of rotatable bonds is 6. The van der Waals surface area contributed by atoms with Crippen molar-refractivity contribution in [1.82, 2.24) is 0 Å². The predicted octanol–water partition coefficient (Wildman–Crippen LogP) is 6.67. The first-order chi connectivity index (χ1) is 15.7. The van der Waals surface area contributed by atoms with Crippen LogP contribution < -0.4 is 10.1 Å². The van der Waals surface area contributed by atoms with E-state index in [0.717, 1.165) is 38.0 Å². The number of nitrogens with one attached hydrogen (secondary N) is 1. The molecule has 4 nitrogen and oxygen atoms in total. The van der Waals surface area contributed by atoms with Gasteiger partial charge in [0.15, 0.2) is 0 Å². The Hall–Kier alpha value is -3.11. The van der Waals surface area contributed by atoms with Crippen LogP contribution in [0.25, 0.3) is 6.08 Å². The smallest absolute Gasteiger partial charge is 0.266 e. The van der Waals surface area contributed by atoms with E-state index in [1.165, 1.54) is 16.7 Å². The number of aryl methyl sites for hydroxylation is 4. The first kappa shape index (κ1) is 24.5. The molecule has 0 saturated heterocycles. The normalized spacial score (nSPS) is 11.1. The van der Waals surface area contributed by atoms with Crippen molar-refractivity contribution in [2.45, 2.75) is 34.1 Å². The van der Waals surface area contributed by atoms with Crippen LogP contribution in [-0.4, -0.2) is 13.0 Å². The minimum atomic E-state index is -0.436. The van der Waals surface area contributed by atoms with Gasteiger partial charge in [0.05, 0.1) is 7.11 Å². The predicted molar refractivity (Wildman–Crippen MR) is 143 cm³/mol. The summed E-state index contributed by atoms with van der Waals surface area (Å²) in [5, 5.41) is 12.4. The fourth-order valence-electron chi connectivity index (χ4n) is 3.78. The Labute approximate surface area is 209 Å². The van der Waals surface area contributed by atoms with E-state index < -0.39 is 5.91 Å². The molecule has 33 heavy (non-hydrogen) atoms. The first-order valence-electron chi connectivity index (χ1n) is 10.6. The SMILES string of the molecule is COc1cc(/C=C(\C#N)C(=O)Nc2ccc(C)c(C)c2)cc(I)c1Cc1cc(C)cc(C)c1. The number of carbonyl (C=O) groups excluding carboxylic acids is 1. The van der Waals surface area contributed by atoms with E-state index >= 15 is 0 Å². The summed E-state index contributed by atoms with van der Waals surface area (Å²) in [4.78, 5) is 12.7. The molecule has 3 aromatic carbocycles. The van der Waals surface area contributed by atoms with E-state index in [4.69, 9.17) is 4.74 Å². The van der Waals surface area contributed by atoms with Crippen molar-refractivity contribution >= 4 is 40.3 Å². The summed E-state index contributed by atoms with van der Waals surface area (Å²) in [5.74, 6) is 0.299. The monoisotopic (exact) mass is 550 g/mol. The number of nitrogens with zero attached hydrogens (tertiary/aromatic N) is 1. The summed E-state index contributed by atoms with van der Waals surface area (Å²) < 4.78 is 6.70. The molecule has 5 heteroatoms. The summed E-state index contributed by atoms with van der Waals surface area (Å²) in [5.41, 5.74) is 8.43. The average molecular weight is 550 g/mol. The van der Waals surface area contributed by atoms with Crippen LogP contribution in [0.5, 0.6) is 5.75 Å². The Kier molecular flexibility index (Phi) is 7.93. The van der Waals surface area contributed by atoms with Gasteiger partial charge in [-0.05, 0) is 103 Å². The highest BCUT2D eigenvalue weighted by Gasteiger charge is 2.14. The topological polar surface area (TPSA) is 62.1 Å². The van der Waals surface area contributed by atoms with E-state index in [2.05, 4.69) is 60.0 Å². The third-order valence-corrected chi connectivity index (χ3v) is 6.46. The number of carbonyl (C=O) groups is 1. The Morgan fingerprint density at radius 1 is 1.03 bits per heavy atom. The Morgan fingerprint density at radius 3 is 2.33 bits per heavy atom. The summed E-state index contributed by atoms with van der Waals surface area (Å²) in [6.07, 6.45) is 2.34. The second kappa shape index (κ2) is 10.7. The zero-order valence-corrected chi connectivity index (χ0v) is 21.7. The van der Waals surface area contributed by atoms with Crippen molar-refractivity contribution < 1.29 is 9.53 Å². The van der Waals surface area contributed by atoms with Crippen LogP contribution in [0.15, 0.2) is 54.1 Å². The Balaban J connectivity index is 1.89. The van der Waals surface area contributed by atoms with E-state index in [9.17, 15) is 10.1 Å². The zero-order valence-electron chi connectivity index (χ0n) is 19.5. The lowest BCUT2D eigenvalue weighted by Gasteiger charge is -2.14. The Bertz CT molecular complexity index is 1270. The molecule has 0 heterocycles. The van der Waals surface area contributed by atoms with Gasteiger partial charge < -0.3 is 10.1 Å². The van der Waals surface area contributed by atoms with Gasteiger partial charge in [0, 0.05) is 21.2 Å². The lowest BCUT2D eigenvalue weighted by atomic mass is 9.98. The fourth-order valence-corrected chi connectivity index (χ4v) is 4.59. The van der Waals surface area contributed by atoms with E-state index in [-0.39, 0.29) is 5.57 Å². The van der Waals surface area contributed by atoms with Crippen LogP contribution in [0.1, 0.15) is 38.9 Å². The molecular weight excluding hydrogens is 523 g/mol. The molecule has 1 N–H and O–H groups in total. The lowest BCUT2D eigenvalue weighted by molar-refractivity contribution is -0.112. The number of ether oxygens (including phenoxy) is 1. The molecule has 0 aliphatic heterocycles. The number of amides is 1. The number of halogens is 1. The molecule has 1 amide bonds. The number of hydrogen-bond donors (Lipinski definition) is 1. The van der Waals surface area contributed by atoms with Gasteiger partial charge in [0.25, 0.3) is 5.91 Å². The highest BCUT2D eigenvalue weighted by molar-refractivity contribution is 14.1. The molecule has 0 radical (unpaired) electrons. The van der Waals surface area contributed by atoms with Crippen LogP contribution in [-0.2, 0) is 11.2 Å². The van der Waals surface area contributed by atoms with Crippen LogP contribution in [0.2, 0.25) is 0 Å². The number of anilines is 1. The summed E-state index contributed by atoms with van der Waals surface area (Å²) in [7, 11) is 1.64. The third kappa shape index (κ3) is 6.23. The van der Waals surface area contributed by atoms with Gasteiger partial charge in [-0.2, -0.15) is 5.26 Å². The average Bonchev–Trinajstić information content (AvgIpc) is 2.75. The summed E-state index contributed by atoms with van der Waals surface area (Å²) >= 11 is 2.29. The largest absolute Gasteiger partial charge is 0.496 e. The van der Waals surface area contributed by atoms with Gasteiger partial charge in [0.2, 0.25) is 0 Å². The molecular formula is C28H27IN2O2. The minimum absolute atomic E-state index is 0.0353. The maximum Gasteiger partial charge on any atom is 0.266 e. The molecule has 0 spiro atoms. The third-order valence-electron chi connectivity index (χ3n) is 5.50. The molecule has 0 fully saturated rings. The molecule has 0 aromatic heterocycles. The fraction of sp³-hybridized carbons (Fsp3) is 0.214. The van der Waals surface area contributed by atoms with Gasteiger partial charge in [-0.1, -0.05) is 35.4 Å². The second-order valence-corrected chi connectivity index (χ2v) is 9.44. The number of methoxy groups -OCH3 is 1. The number of nitriles is 1. The molecule has 3 aromatic rings. The van der Waals surface area contributed by atoms with Gasteiger partial charge in [-0.15, -0.1) is 0 Å². The second-order valence-electron chi connectivity index (χ2n) is 8.28. The van der Waals surface area contributed by atoms with Crippen molar-refractivity contribution in [3.63, 3.8) is 0 Å². The van der Waals surface area contributed by atoms with Gasteiger partial charge in [-0.3, -0.25) is 4.79 Å². The van der Waals surface area contributed by atoms with Crippen LogP contribution >= 0.6 is 22.6 Å². The maximum absolute atomic E-state index is 12.7. The van der Waals surface area contributed by atoms with Crippen LogP contribution in [0, 0.1) is 42.6 Å². The molecule has 168 valence electrons. The lowest BCUT2D eigenvalue weighted by Crippen LogP contribution is -2.13. The van der Waals surface area contributed by atoms with Gasteiger partial charge in [0.1, 0.15) is 17.4 Å². The Morgan fingerprint density at radius 2 is 1.73 bits per heavy atom. The van der Waals surface area contributed by atoms with E-state index in [1.54, 1.807) is 13.2 Å². The van der Waals surface area contributed by atoms with E-state index in [0.29, 0.717) is 5.69 Å². The molecule has 0 aliphatic rings. The molecule has 3 rings (SSSR count). The standard InChI is InChI=1S/C28H27IN2O2/c1-17-8-18(2)10-21(9-17)13-25-26(29)14-22(15-27(25)33-5)12-23(16-30)28(32)31-24-7-6-19(3)20(4)11-24/h6-12,14-15H,13H2,1-5H3,(H,31,32)/b23-12+. The molecule has 0 bridgehead atoms. The first-order valence-corrected chi connectivity index (χ1v) is 11.7. The van der Waals surface area contributed by atoms with Gasteiger partial charge >= 0.3 is 0 Å². The summed E-state index contributed by atoms with van der Waals surface area (Å²) in [6, 6.07) is 18.1. The number of hydrogen-bond acceptors (Lipinski definition) is 3. The van der Waals surface area contributed by atoms with E-state index in [1.807, 2.05) is 50.2 Å². The van der Waals surface area contributed by atoms with Gasteiger partial charge in [-0.25, -0.2) is 0 Å². The molecule has 0 unspecified atom stereocenters. The maximum atomic E-state index is 12.7. The number of benzene rings is 3. The van der Waals surface area contributed by atoms with Crippen LogP contribution in [0.3, 0.4) is 0 Å². The van der Waals surface area contributed by atoms with Crippen molar-refractivity contribution in [2.24, 2.45) is 0 Å². The highest BCUT2D eigenvalue weighted by Crippen LogP contribution is 2.30. The molecule has 0 saturated carbocycles. The van der Waals surface area contributed by atoms with Crippen molar-refractivity contribution in [2.75, 3.05) is 12.4 Å². The quantitative estimate of drug-likeness (QED) is 0.212. The minimum Gasteiger partial charge on any atom is -0.496 e.